The maximum absolute atomic E-state index is 12.1. The maximum atomic E-state index is 12.1. The number of ether oxygens (including phenoxy) is 6. The van der Waals surface area contributed by atoms with Crippen LogP contribution in [0.25, 0.3) is 0 Å². The van der Waals surface area contributed by atoms with Crippen molar-refractivity contribution in [1.29, 1.82) is 0 Å². The highest BCUT2D eigenvalue weighted by Crippen LogP contribution is 2.13. The summed E-state index contributed by atoms with van der Waals surface area (Å²) >= 11 is 0. The minimum atomic E-state index is -0.620. The van der Waals surface area contributed by atoms with Crippen LogP contribution in [0.4, 0.5) is 4.79 Å². The summed E-state index contributed by atoms with van der Waals surface area (Å²) in [5.41, 5.74) is 0. The van der Waals surface area contributed by atoms with E-state index in [-0.39, 0.29) is 24.4 Å². The van der Waals surface area contributed by atoms with Crippen LogP contribution in [-0.4, -0.2) is 70.2 Å². The van der Waals surface area contributed by atoms with E-state index in [2.05, 4.69) is 27.7 Å². The molecule has 0 aliphatic carbocycles. The third kappa shape index (κ3) is 18.4. The van der Waals surface area contributed by atoms with Gasteiger partial charge in [-0.3, -0.25) is 0 Å². The molecule has 0 aliphatic heterocycles. The summed E-state index contributed by atoms with van der Waals surface area (Å²) in [5, 5.41) is 0. The molecule has 0 saturated heterocycles. The second-order valence-electron chi connectivity index (χ2n) is 8.69. The molecule has 0 amide bonds. The molecule has 0 aliphatic rings. The van der Waals surface area contributed by atoms with Crippen molar-refractivity contribution in [3.8, 4) is 0 Å². The van der Waals surface area contributed by atoms with E-state index in [9.17, 15) is 4.79 Å². The number of carbonyl (C=O) groups is 1. The Hall–Kier alpha value is -0.890. The molecule has 0 heterocycles. The Morgan fingerprint density at radius 1 is 0.559 bits per heavy atom. The second kappa shape index (κ2) is 23.8. The summed E-state index contributed by atoms with van der Waals surface area (Å²) in [7, 11) is 0. The minimum Gasteiger partial charge on any atom is -0.434 e. The van der Waals surface area contributed by atoms with E-state index in [1.54, 1.807) is 0 Å². The fourth-order valence-corrected chi connectivity index (χ4v) is 3.60. The van der Waals surface area contributed by atoms with Crippen molar-refractivity contribution in [1.82, 2.24) is 0 Å². The van der Waals surface area contributed by atoms with Crippen LogP contribution < -0.4 is 0 Å². The van der Waals surface area contributed by atoms with E-state index < -0.39 is 6.16 Å². The van der Waals surface area contributed by atoms with Crippen LogP contribution in [0.3, 0.4) is 0 Å². The highest BCUT2D eigenvalue weighted by molar-refractivity contribution is 5.59. The zero-order valence-corrected chi connectivity index (χ0v) is 23.0. The van der Waals surface area contributed by atoms with Crippen LogP contribution in [0.15, 0.2) is 0 Å². The Labute approximate surface area is 209 Å². The van der Waals surface area contributed by atoms with Gasteiger partial charge in [-0.05, 0) is 39.5 Å². The van der Waals surface area contributed by atoms with Crippen LogP contribution in [0.5, 0.6) is 0 Å². The molecule has 0 rings (SSSR count). The summed E-state index contributed by atoms with van der Waals surface area (Å²) in [6, 6.07) is 0. The van der Waals surface area contributed by atoms with Crippen LogP contribution in [0.2, 0.25) is 0 Å². The monoisotopic (exact) mass is 490 g/mol. The van der Waals surface area contributed by atoms with E-state index in [1.165, 1.54) is 0 Å². The van der Waals surface area contributed by atoms with Gasteiger partial charge in [0.15, 0.2) is 0 Å². The highest BCUT2D eigenvalue weighted by Gasteiger charge is 2.16. The molecule has 0 aromatic carbocycles. The normalized spacial score (nSPS) is 15.0. The third-order valence-electron chi connectivity index (χ3n) is 5.83. The fraction of sp³-hybridized carbons (Fsp3) is 0.963. The van der Waals surface area contributed by atoms with Crippen molar-refractivity contribution in [3.63, 3.8) is 0 Å². The van der Waals surface area contributed by atoms with Gasteiger partial charge in [-0.25, -0.2) is 4.79 Å². The van der Waals surface area contributed by atoms with E-state index in [0.29, 0.717) is 52.5 Å². The lowest BCUT2D eigenvalue weighted by Gasteiger charge is -2.22. The van der Waals surface area contributed by atoms with E-state index in [1.807, 2.05) is 13.8 Å². The van der Waals surface area contributed by atoms with Gasteiger partial charge in [0.2, 0.25) is 0 Å². The van der Waals surface area contributed by atoms with Crippen LogP contribution >= 0.6 is 0 Å². The summed E-state index contributed by atoms with van der Waals surface area (Å²) in [6.45, 7) is 15.6. The molecule has 0 fully saturated rings. The Bertz CT molecular complexity index is 409. The van der Waals surface area contributed by atoms with Gasteiger partial charge in [-0.2, -0.15) is 0 Å². The fourth-order valence-electron chi connectivity index (χ4n) is 3.60. The van der Waals surface area contributed by atoms with E-state index >= 15 is 0 Å². The van der Waals surface area contributed by atoms with Gasteiger partial charge in [-0.15, -0.1) is 0 Å². The Morgan fingerprint density at radius 3 is 1.29 bits per heavy atom. The molecule has 0 radical (unpaired) electrons. The molecule has 204 valence electrons. The zero-order valence-electron chi connectivity index (χ0n) is 23.0. The zero-order chi connectivity index (χ0) is 25.4. The molecule has 0 saturated carbocycles. The summed E-state index contributed by atoms with van der Waals surface area (Å²) < 4.78 is 34.1. The van der Waals surface area contributed by atoms with E-state index in [4.69, 9.17) is 28.4 Å². The Kier molecular flexibility index (Phi) is 23.2. The van der Waals surface area contributed by atoms with Crippen LogP contribution in [0.1, 0.15) is 106 Å². The smallest absolute Gasteiger partial charge is 0.434 e. The van der Waals surface area contributed by atoms with Crippen LogP contribution in [-0.2, 0) is 28.4 Å². The van der Waals surface area contributed by atoms with Crippen molar-refractivity contribution in [2.75, 3.05) is 39.6 Å². The molecule has 34 heavy (non-hydrogen) atoms. The van der Waals surface area contributed by atoms with Crippen molar-refractivity contribution < 1.29 is 33.2 Å². The quantitative estimate of drug-likeness (QED) is 0.139. The molecule has 0 aromatic rings. The lowest BCUT2D eigenvalue weighted by atomic mass is 10.1. The molecule has 7 heteroatoms. The standard InChI is InChI=1S/C27H54O7/c1-7-13-15-25(33-21-23(9-3)29-11-5)17-19-31-27(28)32-20-18-26(16-14-8-2)34-22-24(10-4)30-12-6/h23-26H,7-22H2,1-6H3. The van der Waals surface area contributed by atoms with Gasteiger partial charge in [0.05, 0.1) is 50.8 Å². The van der Waals surface area contributed by atoms with Gasteiger partial charge in [0.1, 0.15) is 0 Å². The predicted molar refractivity (Wildman–Crippen MR) is 136 cm³/mol. The molecule has 0 N–H and O–H groups in total. The predicted octanol–water partition coefficient (Wildman–Crippen LogP) is 6.70. The van der Waals surface area contributed by atoms with Gasteiger partial charge < -0.3 is 28.4 Å². The average Bonchev–Trinajstić information content (AvgIpc) is 2.84. The van der Waals surface area contributed by atoms with Gasteiger partial charge in [-0.1, -0.05) is 53.4 Å². The van der Waals surface area contributed by atoms with Crippen LogP contribution in [0, 0.1) is 0 Å². The molecule has 4 atom stereocenters. The first-order chi connectivity index (χ1) is 16.5. The maximum Gasteiger partial charge on any atom is 0.508 e. The molecule has 0 bridgehead atoms. The number of rotatable bonds is 24. The van der Waals surface area contributed by atoms with Crippen molar-refractivity contribution >= 4 is 6.16 Å². The number of hydrogen-bond acceptors (Lipinski definition) is 7. The van der Waals surface area contributed by atoms with Gasteiger partial charge in [0.25, 0.3) is 0 Å². The van der Waals surface area contributed by atoms with Gasteiger partial charge >= 0.3 is 6.16 Å². The summed E-state index contributed by atoms with van der Waals surface area (Å²) in [4.78, 5) is 12.1. The van der Waals surface area contributed by atoms with Crippen molar-refractivity contribution in [2.24, 2.45) is 0 Å². The summed E-state index contributed by atoms with van der Waals surface area (Å²) in [6.07, 6.45) is 9.19. The summed E-state index contributed by atoms with van der Waals surface area (Å²) in [5.74, 6) is 0. The first kappa shape index (κ1) is 33.1. The van der Waals surface area contributed by atoms with Crippen molar-refractivity contribution in [2.45, 2.75) is 130 Å². The number of carbonyl (C=O) groups excluding carboxylic acids is 1. The molecule has 7 nitrogen and oxygen atoms in total. The highest BCUT2D eigenvalue weighted by atomic mass is 16.7. The third-order valence-corrected chi connectivity index (χ3v) is 5.83. The molecular formula is C27H54O7. The lowest BCUT2D eigenvalue weighted by Crippen LogP contribution is -2.26. The Morgan fingerprint density at radius 2 is 0.971 bits per heavy atom. The minimum absolute atomic E-state index is 0.0610. The largest absolute Gasteiger partial charge is 0.508 e. The molecule has 0 aromatic heterocycles. The number of unbranched alkanes of at least 4 members (excludes halogenated alkanes) is 2. The first-order valence-corrected chi connectivity index (χ1v) is 13.8. The van der Waals surface area contributed by atoms with E-state index in [0.717, 1.165) is 51.4 Å². The molecular weight excluding hydrogens is 436 g/mol. The molecule has 0 spiro atoms. The van der Waals surface area contributed by atoms with Crippen molar-refractivity contribution in [3.05, 3.63) is 0 Å². The first-order valence-electron chi connectivity index (χ1n) is 13.8. The van der Waals surface area contributed by atoms with Gasteiger partial charge in [0, 0.05) is 26.1 Å². The number of hydrogen-bond donors (Lipinski definition) is 0. The molecule has 4 unspecified atom stereocenters. The Balaban J connectivity index is 4.31. The topological polar surface area (TPSA) is 72.5 Å². The SMILES string of the molecule is CCCCC(CCOC(=O)OCCC(CCCC)OCC(CC)OCC)OCC(CC)OCC. The second-order valence-corrected chi connectivity index (χ2v) is 8.69. The average molecular weight is 491 g/mol. The lowest BCUT2D eigenvalue weighted by molar-refractivity contribution is -0.0564.